The molecule has 0 fully saturated rings. The van der Waals surface area contributed by atoms with Crippen LogP contribution in [0, 0.1) is 0 Å². The number of aromatic nitrogens is 1. The van der Waals surface area contributed by atoms with Crippen molar-refractivity contribution in [3.63, 3.8) is 0 Å². The maximum absolute atomic E-state index is 4.89. The van der Waals surface area contributed by atoms with E-state index < -0.39 is 0 Å². The molecule has 2 heteroatoms. The zero-order valence-electron chi connectivity index (χ0n) is 6.32. The summed E-state index contributed by atoms with van der Waals surface area (Å²) >= 11 is 4.89. The van der Waals surface area contributed by atoms with Crippen LogP contribution in [0.2, 0.25) is 0 Å². The third-order valence-corrected chi connectivity index (χ3v) is 1.35. The van der Waals surface area contributed by atoms with E-state index in [-0.39, 0.29) is 0 Å². The zero-order chi connectivity index (χ0) is 8.10. The molecule has 0 atom stereocenters. The van der Waals surface area contributed by atoms with Crippen LogP contribution in [-0.2, 0) is 0 Å². The first-order chi connectivity index (χ1) is 5.29. The molecule has 1 rings (SSSR count). The first-order valence-corrected chi connectivity index (χ1v) is 3.78. The molecule has 1 aromatic rings. The molecule has 1 nitrogen and oxygen atoms in total. The Labute approximate surface area is 71.8 Å². The molecular formula is C9H9NS. The number of allylic oxidation sites excluding steroid dienone is 1. The van der Waals surface area contributed by atoms with Crippen molar-refractivity contribution in [2.75, 3.05) is 0 Å². The van der Waals surface area contributed by atoms with Gasteiger partial charge in [-0.1, -0.05) is 18.3 Å². The molecule has 0 aromatic carbocycles. The highest BCUT2D eigenvalue weighted by Gasteiger charge is 1.82. The van der Waals surface area contributed by atoms with Gasteiger partial charge in [0.25, 0.3) is 0 Å². The quantitative estimate of drug-likeness (QED) is 0.490. The van der Waals surface area contributed by atoms with E-state index in [0.717, 1.165) is 10.4 Å². The molecule has 0 aliphatic rings. The molecule has 0 saturated heterocycles. The third-order valence-electron chi connectivity index (χ3n) is 1.22. The minimum atomic E-state index is 0.891. The van der Waals surface area contributed by atoms with E-state index in [1.54, 1.807) is 12.4 Å². The van der Waals surface area contributed by atoms with Gasteiger partial charge in [-0.25, -0.2) is 0 Å². The van der Waals surface area contributed by atoms with Crippen molar-refractivity contribution in [2.24, 2.45) is 0 Å². The summed E-state index contributed by atoms with van der Waals surface area (Å²) in [6.45, 7) is 1.90. The van der Waals surface area contributed by atoms with Gasteiger partial charge in [-0.05, 0) is 30.7 Å². The standard InChI is InChI=1S/C9H9NS/c1-8(11)2-3-9-4-6-10-7-5-9/h2-7H,1H3. The number of thiocarbonyl (C=S) groups is 1. The van der Waals surface area contributed by atoms with Crippen molar-refractivity contribution in [2.45, 2.75) is 6.92 Å². The van der Waals surface area contributed by atoms with E-state index in [4.69, 9.17) is 12.2 Å². The highest BCUT2D eigenvalue weighted by molar-refractivity contribution is 7.80. The summed E-state index contributed by atoms with van der Waals surface area (Å²) in [5.41, 5.74) is 1.13. The molecular weight excluding hydrogens is 154 g/mol. The molecule has 1 aromatic heterocycles. The van der Waals surface area contributed by atoms with Crippen LogP contribution in [0.1, 0.15) is 12.5 Å². The van der Waals surface area contributed by atoms with Gasteiger partial charge in [-0.15, -0.1) is 0 Å². The maximum atomic E-state index is 4.89. The van der Waals surface area contributed by atoms with Gasteiger partial charge in [-0.3, -0.25) is 4.98 Å². The van der Waals surface area contributed by atoms with Crippen molar-refractivity contribution in [3.8, 4) is 0 Å². The van der Waals surface area contributed by atoms with E-state index in [9.17, 15) is 0 Å². The van der Waals surface area contributed by atoms with Crippen LogP contribution in [0.25, 0.3) is 6.08 Å². The second kappa shape index (κ2) is 3.98. The van der Waals surface area contributed by atoms with Crippen LogP contribution < -0.4 is 0 Å². The van der Waals surface area contributed by atoms with Gasteiger partial charge < -0.3 is 0 Å². The predicted octanol–water partition coefficient (Wildman–Crippen LogP) is 2.48. The van der Waals surface area contributed by atoms with Crippen LogP contribution >= 0.6 is 12.2 Å². The highest BCUT2D eigenvalue weighted by Crippen LogP contribution is 1.98. The van der Waals surface area contributed by atoms with Crippen molar-refractivity contribution in [1.82, 2.24) is 4.98 Å². The van der Waals surface area contributed by atoms with E-state index in [2.05, 4.69) is 4.98 Å². The van der Waals surface area contributed by atoms with Crippen LogP contribution in [0.4, 0.5) is 0 Å². The fraction of sp³-hybridized carbons (Fsp3) is 0.111. The molecule has 11 heavy (non-hydrogen) atoms. The van der Waals surface area contributed by atoms with Crippen LogP contribution in [0.15, 0.2) is 30.6 Å². The van der Waals surface area contributed by atoms with E-state index >= 15 is 0 Å². The molecule has 0 amide bonds. The smallest absolute Gasteiger partial charge is 0.0273 e. The molecule has 0 saturated carbocycles. The Morgan fingerprint density at radius 1 is 1.45 bits per heavy atom. The van der Waals surface area contributed by atoms with Gasteiger partial charge in [0.2, 0.25) is 0 Å². The SMILES string of the molecule is CC(=S)C=Cc1ccncc1. The molecule has 0 N–H and O–H groups in total. The molecule has 0 aliphatic carbocycles. The monoisotopic (exact) mass is 163 g/mol. The predicted molar refractivity (Wildman–Crippen MR) is 51.5 cm³/mol. The van der Waals surface area contributed by atoms with Crippen LogP contribution in [-0.4, -0.2) is 9.85 Å². The maximum Gasteiger partial charge on any atom is 0.0273 e. The van der Waals surface area contributed by atoms with E-state index in [1.807, 2.05) is 31.2 Å². The van der Waals surface area contributed by atoms with Gasteiger partial charge in [0.05, 0.1) is 0 Å². The Morgan fingerprint density at radius 2 is 2.09 bits per heavy atom. The van der Waals surface area contributed by atoms with Crippen molar-refractivity contribution >= 4 is 23.2 Å². The summed E-state index contributed by atoms with van der Waals surface area (Å²) in [4.78, 5) is 4.80. The molecule has 0 spiro atoms. The number of pyridine rings is 1. The molecule has 0 bridgehead atoms. The summed E-state index contributed by atoms with van der Waals surface area (Å²) in [7, 11) is 0. The summed E-state index contributed by atoms with van der Waals surface area (Å²) in [5, 5.41) is 0. The van der Waals surface area contributed by atoms with Gasteiger partial charge in [-0.2, -0.15) is 0 Å². The topological polar surface area (TPSA) is 12.9 Å². The lowest BCUT2D eigenvalue weighted by molar-refractivity contribution is 1.32. The van der Waals surface area contributed by atoms with E-state index in [0.29, 0.717) is 0 Å². The number of hydrogen-bond acceptors (Lipinski definition) is 2. The molecule has 1 heterocycles. The van der Waals surface area contributed by atoms with Crippen LogP contribution in [0.3, 0.4) is 0 Å². The fourth-order valence-electron chi connectivity index (χ4n) is 0.688. The zero-order valence-corrected chi connectivity index (χ0v) is 7.14. The van der Waals surface area contributed by atoms with Gasteiger partial charge >= 0.3 is 0 Å². The van der Waals surface area contributed by atoms with Gasteiger partial charge in [0, 0.05) is 17.3 Å². The average molecular weight is 163 g/mol. The second-order valence-corrected chi connectivity index (χ2v) is 2.87. The van der Waals surface area contributed by atoms with Crippen molar-refractivity contribution < 1.29 is 0 Å². The normalized spacial score (nSPS) is 10.3. The Hall–Kier alpha value is -1.02. The summed E-state index contributed by atoms with van der Waals surface area (Å²) in [6, 6.07) is 3.88. The minimum absolute atomic E-state index is 0.891. The van der Waals surface area contributed by atoms with Crippen LogP contribution in [0.5, 0.6) is 0 Å². The average Bonchev–Trinajstić information content (AvgIpc) is 2.03. The summed E-state index contributed by atoms with van der Waals surface area (Å²) < 4.78 is 0. The van der Waals surface area contributed by atoms with Crippen molar-refractivity contribution in [1.29, 1.82) is 0 Å². The third kappa shape index (κ3) is 3.05. The largest absolute Gasteiger partial charge is 0.265 e. The van der Waals surface area contributed by atoms with Gasteiger partial charge in [0.1, 0.15) is 0 Å². The minimum Gasteiger partial charge on any atom is -0.265 e. The molecule has 0 unspecified atom stereocenters. The second-order valence-electron chi connectivity index (χ2n) is 2.22. The molecule has 0 aliphatic heterocycles. The lowest BCUT2D eigenvalue weighted by Crippen LogP contribution is -1.76. The summed E-state index contributed by atoms with van der Waals surface area (Å²) in [5.74, 6) is 0. The number of rotatable bonds is 2. The fourth-order valence-corrected chi connectivity index (χ4v) is 0.756. The number of hydrogen-bond donors (Lipinski definition) is 0. The van der Waals surface area contributed by atoms with Crippen molar-refractivity contribution in [3.05, 3.63) is 36.2 Å². The highest BCUT2D eigenvalue weighted by atomic mass is 32.1. The Kier molecular flexibility index (Phi) is 2.93. The Balaban J connectivity index is 2.72. The van der Waals surface area contributed by atoms with E-state index in [1.165, 1.54) is 0 Å². The lowest BCUT2D eigenvalue weighted by Gasteiger charge is -1.88. The number of nitrogens with zero attached hydrogens (tertiary/aromatic N) is 1. The Bertz CT molecular complexity index is 264. The Morgan fingerprint density at radius 3 is 2.64 bits per heavy atom. The summed E-state index contributed by atoms with van der Waals surface area (Å²) in [6.07, 6.45) is 7.41. The molecule has 56 valence electrons. The first kappa shape index (κ1) is 8.08. The van der Waals surface area contributed by atoms with Gasteiger partial charge in [0.15, 0.2) is 0 Å². The first-order valence-electron chi connectivity index (χ1n) is 3.38. The molecule has 0 radical (unpaired) electrons. The lowest BCUT2D eigenvalue weighted by atomic mass is 10.2.